The van der Waals surface area contributed by atoms with Crippen molar-refractivity contribution in [3.63, 3.8) is 0 Å². The van der Waals surface area contributed by atoms with Crippen molar-refractivity contribution in [3.05, 3.63) is 22.7 Å². The Balaban J connectivity index is 2.50. The highest BCUT2D eigenvalue weighted by Crippen LogP contribution is 2.35. The van der Waals surface area contributed by atoms with E-state index in [1.165, 1.54) is 11.3 Å². The first kappa shape index (κ1) is 14.8. The first-order chi connectivity index (χ1) is 9.51. The van der Waals surface area contributed by atoms with E-state index in [9.17, 15) is 4.79 Å². The van der Waals surface area contributed by atoms with Gasteiger partial charge in [-0.15, -0.1) is 11.3 Å². The van der Waals surface area contributed by atoms with Crippen LogP contribution in [0.2, 0.25) is 0 Å². The number of nitrogen functional groups attached to an aromatic ring is 1. The van der Waals surface area contributed by atoms with Gasteiger partial charge in [0.15, 0.2) is 0 Å². The van der Waals surface area contributed by atoms with Gasteiger partial charge < -0.3 is 10.6 Å². The molecule has 0 aliphatic heterocycles. The summed E-state index contributed by atoms with van der Waals surface area (Å²) in [5.41, 5.74) is 7.83. The number of amides is 1. The van der Waals surface area contributed by atoms with E-state index in [1.807, 2.05) is 24.8 Å². The first-order valence-corrected chi connectivity index (χ1v) is 7.77. The van der Waals surface area contributed by atoms with Crippen LogP contribution in [-0.2, 0) is 0 Å². The zero-order valence-electron chi connectivity index (χ0n) is 12.4. The standard InChI is InChI=1S/C15H21N3OS/c1-5-10(4)18(6-2)15(19)13-12(16)11-9(3)7-8-17-14(11)20-13/h7-8,10H,5-6,16H2,1-4H3. The van der Waals surface area contributed by atoms with E-state index < -0.39 is 0 Å². The highest BCUT2D eigenvalue weighted by Gasteiger charge is 2.24. The van der Waals surface area contributed by atoms with Crippen LogP contribution in [0.3, 0.4) is 0 Å². The van der Waals surface area contributed by atoms with E-state index in [2.05, 4.69) is 18.8 Å². The van der Waals surface area contributed by atoms with Gasteiger partial charge in [0, 0.05) is 24.2 Å². The van der Waals surface area contributed by atoms with Crippen molar-refractivity contribution >= 4 is 33.1 Å². The molecule has 2 heterocycles. The summed E-state index contributed by atoms with van der Waals surface area (Å²) >= 11 is 1.39. The molecule has 0 spiro atoms. The second kappa shape index (κ2) is 5.79. The number of aromatic nitrogens is 1. The van der Waals surface area contributed by atoms with Gasteiger partial charge in [0.2, 0.25) is 0 Å². The summed E-state index contributed by atoms with van der Waals surface area (Å²) in [6.07, 6.45) is 2.69. The monoisotopic (exact) mass is 291 g/mol. The summed E-state index contributed by atoms with van der Waals surface area (Å²) in [6.45, 7) is 8.83. The number of carbonyl (C=O) groups excluding carboxylic acids is 1. The molecule has 0 aliphatic rings. The van der Waals surface area contributed by atoms with Crippen molar-refractivity contribution < 1.29 is 4.79 Å². The minimum Gasteiger partial charge on any atom is -0.397 e. The van der Waals surface area contributed by atoms with Gasteiger partial charge in [-0.25, -0.2) is 4.98 Å². The average Bonchev–Trinajstić information content (AvgIpc) is 2.77. The number of nitrogens with zero attached hydrogens (tertiary/aromatic N) is 2. The molecule has 0 saturated carbocycles. The molecule has 2 N–H and O–H groups in total. The fourth-order valence-corrected chi connectivity index (χ4v) is 3.47. The van der Waals surface area contributed by atoms with E-state index in [0.29, 0.717) is 17.1 Å². The Morgan fingerprint density at radius 3 is 2.75 bits per heavy atom. The van der Waals surface area contributed by atoms with E-state index in [-0.39, 0.29) is 11.9 Å². The number of carbonyl (C=O) groups is 1. The molecule has 1 amide bonds. The number of thiophene rings is 1. The summed E-state index contributed by atoms with van der Waals surface area (Å²) in [4.78, 5) is 20.4. The highest BCUT2D eigenvalue weighted by atomic mass is 32.1. The number of hydrogen-bond acceptors (Lipinski definition) is 4. The maximum absolute atomic E-state index is 12.7. The maximum Gasteiger partial charge on any atom is 0.266 e. The third-order valence-corrected chi connectivity index (χ3v) is 4.86. The summed E-state index contributed by atoms with van der Waals surface area (Å²) < 4.78 is 0. The molecule has 2 aromatic rings. The summed E-state index contributed by atoms with van der Waals surface area (Å²) in [5.74, 6) is 0.0155. The largest absolute Gasteiger partial charge is 0.397 e. The van der Waals surface area contributed by atoms with Gasteiger partial charge in [-0.3, -0.25) is 4.79 Å². The second-order valence-corrected chi connectivity index (χ2v) is 6.00. The van der Waals surface area contributed by atoms with Crippen molar-refractivity contribution in [2.75, 3.05) is 12.3 Å². The lowest BCUT2D eigenvalue weighted by atomic mass is 10.1. The molecule has 0 bridgehead atoms. The van der Waals surface area contributed by atoms with Crippen molar-refractivity contribution in [3.8, 4) is 0 Å². The Bertz CT molecular complexity index is 635. The molecular weight excluding hydrogens is 270 g/mol. The smallest absolute Gasteiger partial charge is 0.266 e. The number of fused-ring (bicyclic) bond motifs is 1. The third-order valence-electron chi connectivity index (χ3n) is 3.76. The number of rotatable bonds is 4. The van der Waals surface area contributed by atoms with Crippen LogP contribution < -0.4 is 5.73 Å². The van der Waals surface area contributed by atoms with E-state index in [1.54, 1.807) is 6.20 Å². The van der Waals surface area contributed by atoms with Gasteiger partial charge in [-0.05, 0) is 38.8 Å². The molecule has 0 fully saturated rings. The Kier molecular flexibility index (Phi) is 4.28. The first-order valence-electron chi connectivity index (χ1n) is 6.95. The Morgan fingerprint density at radius 2 is 2.20 bits per heavy atom. The van der Waals surface area contributed by atoms with Gasteiger partial charge in [0.25, 0.3) is 5.91 Å². The van der Waals surface area contributed by atoms with Crippen LogP contribution in [0.1, 0.15) is 42.4 Å². The van der Waals surface area contributed by atoms with Crippen LogP contribution in [0, 0.1) is 6.92 Å². The summed E-state index contributed by atoms with van der Waals surface area (Å²) in [6, 6.07) is 2.14. The van der Waals surface area contributed by atoms with E-state index in [0.717, 1.165) is 22.2 Å². The van der Waals surface area contributed by atoms with Crippen LogP contribution in [-0.4, -0.2) is 28.4 Å². The van der Waals surface area contributed by atoms with Crippen LogP contribution in [0.4, 0.5) is 5.69 Å². The molecule has 2 rings (SSSR count). The Morgan fingerprint density at radius 1 is 1.50 bits per heavy atom. The molecule has 108 valence electrons. The topological polar surface area (TPSA) is 59.2 Å². The van der Waals surface area contributed by atoms with E-state index in [4.69, 9.17) is 5.73 Å². The fraction of sp³-hybridized carbons (Fsp3) is 0.467. The fourth-order valence-electron chi connectivity index (χ4n) is 2.37. The summed E-state index contributed by atoms with van der Waals surface area (Å²) in [5, 5.41) is 0.918. The lowest BCUT2D eigenvalue weighted by molar-refractivity contribution is 0.0706. The Hall–Kier alpha value is -1.62. The maximum atomic E-state index is 12.7. The van der Waals surface area contributed by atoms with Gasteiger partial charge in [-0.2, -0.15) is 0 Å². The highest BCUT2D eigenvalue weighted by molar-refractivity contribution is 7.21. The molecule has 4 nitrogen and oxygen atoms in total. The molecule has 1 unspecified atom stereocenters. The van der Waals surface area contributed by atoms with E-state index >= 15 is 0 Å². The minimum absolute atomic E-state index is 0.0155. The quantitative estimate of drug-likeness (QED) is 0.938. The lowest BCUT2D eigenvalue weighted by Crippen LogP contribution is -2.37. The molecule has 0 aliphatic carbocycles. The normalized spacial score (nSPS) is 12.6. The molecule has 5 heteroatoms. The zero-order chi connectivity index (χ0) is 14.9. The van der Waals surface area contributed by atoms with Crippen LogP contribution in [0.25, 0.3) is 10.2 Å². The third kappa shape index (κ3) is 2.38. The van der Waals surface area contributed by atoms with Gasteiger partial charge in [0.05, 0.1) is 5.69 Å². The van der Waals surface area contributed by atoms with Gasteiger partial charge >= 0.3 is 0 Å². The number of nitrogens with two attached hydrogens (primary N) is 1. The van der Waals surface area contributed by atoms with Gasteiger partial charge in [0.1, 0.15) is 9.71 Å². The van der Waals surface area contributed by atoms with Crippen molar-refractivity contribution in [2.24, 2.45) is 0 Å². The second-order valence-electron chi connectivity index (χ2n) is 5.00. The van der Waals surface area contributed by atoms with Gasteiger partial charge in [-0.1, -0.05) is 6.92 Å². The van der Waals surface area contributed by atoms with Crippen molar-refractivity contribution in [1.29, 1.82) is 0 Å². The average molecular weight is 291 g/mol. The molecule has 0 radical (unpaired) electrons. The van der Waals surface area contributed by atoms with Crippen LogP contribution in [0.5, 0.6) is 0 Å². The number of hydrogen-bond donors (Lipinski definition) is 1. The van der Waals surface area contributed by atoms with Crippen molar-refractivity contribution in [1.82, 2.24) is 9.88 Å². The predicted octanol–water partition coefficient (Wildman–Crippen LogP) is 3.45. The van der Waals surface area contributed by atoms with Crippen LogP contribution >= 0.6 is 11.3 Å². The molecule has 1 atom stereocenters. The molecule has 2 aromatic heterocycles. The number of anilines is 1. The minimum atomic E-state index is 0.0155. The lowest BCUT2D eigenvalue weighted by Gasteiger charge is -2.26. The summed E-state index contributed by atoms with van der Waals surface area (Å²) in [7, 11) is 0. The van der Waals surface area contributed by atoms with Crippen LogP contribution in [0.15, 0.2) is 12.3 Å². The number of aryl methyl sites for hydroxylation is 1. The predicted molar refractivity (Wildman–Crippen MR) is 85.2 cm³/mol. The SMILES string of the molecule is CCC(C)N(CC)C(=O)c1sc2nccc(C)c2c1N. The Labute approximate surface area is 123 Å². The number of pyridine rings is 1. The molecule has 0 saturated heterocycles. The van der Waals surface area contributed by atoms with Crippen molar-refractivity contribution in [2.45, 2.75) is 40.2 Å². The molecule has 0 aromatic carbocycles. The zero-order valence-corrected chi connectivity index (χ0v) is 13.3. The molecular formula is C15H21N3OS. The molecule has 20 heavy (non-hydrogen) atoms.